The molecule has 0 saturated heterocycles. The van der Waals surface area contributed by atoms with E-state index in [1.807, 2.05) is 0 Å². The van der Waals surface area contributed by atoms with E-state index in [-0.39, 0.29) is 5.95 Å². The number of nitrogens with zero attached hydrogens (tertiary/aromatic N) is 2. The summed E-state index contributed by atoms with van der Waals surface area (Å²) in [4.78, 5) is 6.67. The van der Waals surface area contributed by atoms with Crippen molar-refractivity contribution in [3.05, 3.63) is 41.8 Å². The van der Waals surface area contributed by atoms with Crippen LogP contribution in [0.3, 0.4) is 0 Å². The van der Waals surface area contributed by atoms with Gasteiger partial charge in [-0.05, 0) is 18.7 Å². The summed E-state index contributed by atoms with van der Waals surface area (Å²) in [6, 6.07) is 6.14. The molecule has 5 nitrogen and oxygen atoms in total. The smallest absolute Gasteiger partial charge is 0.385 e. The van der Waals surface area contributed by atoms with E-state index in [9.17, 15) is 0 Å². The van der Waals surface area contributed by atoms with Gasteiger partial charge in [0.25, 0.3) is 0 Å². The molecule has 1 N–H and O–H groups in total. The molecular formula is C8H7N2O3+. The highest BCUT2D eigenvalue weighted by atomic mass is 17.1. The van der Waals surface area contributed by atoms with E-state index in [0.717, 1.165) is 0 Å². The summed E-state index contributed by atoms with van der Waals surface area (Å²) >= 11 is 0. The van der Waals surface area contributed by atoms with E-state index in [1.165, 1.54) is 12.1 Å². The molecule has 0 aliphatic carbocycles. The van der Waals surface area contributed by atoms with Gasteiger partial charge in [-0.1, -0.05) is 0 Å². The number of ether oxygens (including phenoxy) is 1. The topological polar surface area (TPSA) is 66.8 Å². The molecule has 0 radical (unpaired) electrons. The van der Waals surface area contributed by atoms with Gasteiger partial charge in [-0.2, -0.15) is 5.26 Å². The monoisotopic (exact) mass is 179 g/mol. The Kier molecular flexibility index (Phi) is 2.84. The average molecular weight is 179 g/mol. The first kappa shape index (κ1) is 9.03. The molecule has 0 saturated carbocycles. The average Bonchev–Trinajstić information content (AvgIpc) is 2.19. The predicted octanol–water partition coefficient (Wildman–Crippen LogP) is 2.51. The Morgan fingerprint density at radius 2 is 2.00 bits per heavy atom. The summed E-state index contributed by atoms with van der Waals surface area (Å²) in [6.45, 7) is 3.24. The maximum absolute atomic E-state index is 8.36. The highest BCUT2D eigenvalue weighted by Gasteiger charge is 2.04. The number of benzene rings is 1. The predicted molar refractivity (Wildman–Crippen MR) is 44.7 cm³/mol. The number of hydrogen-bond donors (Lipinski definition) is 1. The van der Waals surface area contributed by atoms with E-state index in [0.29, 0.717) is 11.4 Å². The molecule has 0 spiro atoms. The van der Waals surface area contributed by atoms with Crippen LogP contribution in [0.25, 0.3) is 4.98 Å². The maximum atomic E-state index is 8.36. The van der Waals surface area contributed by atoms with Crippen molar-refractivity contribution in [2.45, 2.75) is 0 Å². The van der Waals surface area contributed by atoms with Gasteiger partial charge in [0.2, 0.25) is 5.39 Å². The van der Waals surface area contributed by atoms with E-state index in [2.05, 4.69) is 16.4 Å². The van der Waals surface area contributed by atoms with Crippen LogP contribution in [0.4, 0.5) is 5.69 Å². The normalized spacial score (nSPS) is 8.62. The molecular weight excluding hydrogens is 172 g/mol. The zero-order valence-electron chi connectivity index (χ0n) is 6.67. The van der Waals surface area contributed by atoms with E-state index in [4.69, 9.17) is 15.4 Å². The van der Waals surface area contributed by atoms with Crippen LogP contribution in [0.5, 0.6) is 5.75 Å². The Bertz CT molecular complexity index is 339. The van der Waals surface area contributed by atoms with Gasteiger partial charge >= 0.3 is 11.6 Å². The molecule has 66 valence electrons. The van der Waals surface area contributed by atoms with Gasteiger partial charge in [-0.3, -0.25) is 0 Å². The Morgan fingerprint density at radius 3 is 2.46 bits per heavy atom. The van der Waals surface area contributed by atoms with Crippen molar-refractivity contribution in [2.75, 3.05) is 0 Å². The lowest BCUT2D eigenvalue weighted by Crippen LogP contribution is -1.94. The molecule has 0 bridgehead atoms. The first-order chi connectivity index (χ1) is 6.26. The van der Waals surface area contributed by atoms with E-state index in [1.54, 1.807) is 12.1 Å². The van der Waals surface area contributed by atoms with Crippen molar-refractivity contribution in [3.8, 4) is 5.75 Å². The first-order valence-electron chi connectivity index (χ1n) is 3.39. The number of rotatable bonds is 3. The summed E-state index contributed by atoms with van der Waals surface area (Å²) < 4.78 is 4.87. The van der Waals surface area contributed by atoms with Gasteiger partial charge in [0, 0.05) is 12.1 Å². The molecule has 5 heteroatoms. The zero-order valence-corrected chi connectivity index (χ0v) is 6.67. The minimum Gasteiger partial charge on any atom is -0.425 e. The van der Waals surface area contributed by atoms with Crippen LogP contribution in [0.15, 0.2) is 36.8 Å². The summed E-state index contributed by atoms with van der Waals surface area (Å²) in [5.74, 6) is 0.195. The Hall–Kier alpha value is -2.06. The molecule has 0 aliphatic rings. The second kappa shape index (κ2) is 4.09. The standard InChI is InChI=1S/C8H6N2O3/c1-6(13-11)12-8-4-2-7(10-9)3-5-8/h2-5H,1H2/p+1. The second-order valence-electron chi connectivity index (χ2n) is 2.16. The lowest BCUT2D eigenvalue weighted by atomic mass is 10.3. The van der Waals surface area contributed by atoms with Gasteiger partial charge in [0.05, 0.1) is 0 Å². The van der Waals surface area contributed by atoms with Gasteiger partial charge in [-0.15, -0.1) is 0 Å². The highest BCUT2D eigenvalue weighted by Crippen LogP contribution is 2.19. The largest absolute Gasteiger partial charge is 0.425 e. The second-order valence-corrected chi connectivity index (χ2v) is 2.16. The summed E-state index contributed by atoms with van der Waals surface area (Å²) in [5, 5.41) is 16.5. The van der Waals surface area contributed by atoms with Gasteiger partial charge in [0.15, 0.2) is 4.98 Å². The molecule has 0 fully saturated rings. The van der Waals surface area contributed by atoms with Crippen LogP contribution in [-0.2, 0) is 4.89 Å². The van der Waals surface area contributed by atoms with Crippen LogP contribution in [0.1, 0.15) is 0 Å². The van der Waals surface area contributed by atoms with Crippen LogP contribution in [0.2, 0.25) is 0 Å². The summed E-state index contributed by atoms with van der Waals surface area (Å²) in [6.07, 6.45) is 0. The Morgan fingerprint density at radius 1 is 1.38 bits per heavy atom. The minimum absolute atomic E-state index is 0.228. The van der Waals surface area contributed by atoms with Crippen LogP contribution < -0.4 is 4.74 Å². The third kappa shape index (κ3) is 2.47. The van der Waals surface area contributed by atoms with E-state index >= 15 is 0 Å². The Labute approximate surface area is 74.4 Å². The summed E-state index contributed by atoms with van der Waals surface area (Å²) in [7, 11) is 0. The molecule has 1 aromatic rings. The molecule has 1 aromatic carbocycles. The quantitative estimate of drug-likeness (QED) is 0.335. The molecule has 0 atom stereocenters. The molecule has 0 aliphatic heterocycles. The Balaban J connectivity index is 2.71. The van der Waals surface area contributed by atoms with Crippen molar-refractivity contribution in [2.24, 2.45) is 0 Å². The number of diazo groups is 1. The van der Waals surface area contributed by atoms with E-state index < -0.39 is 0 Å². The van der Waals surface area contributed by atoms with Gasteiger partial charge in [0.1, 0.15) is 5.75 Å². The van der Waals surface area contributed by atoms with Crippen molar-refractivity contribution in [1.29, 1.82) is 5.39 Å². The molecule has 0 unspecified atom stereocenters. The van der Waals surface area contributed by atoms with Crippen molar-refractivity contribution in [1.82, 2.24) is 0 Å². The first-order valence-corrected chi connectivity index (χ1v) is 3.39. The van der Waals surface area contributed by atoms with Crippen molar-refractivity contribution >= 4 is 5.69 Å². The third-order valence-electron chi connectivity index (χ3n) is 1.29. The maximum Gasteiger partial charge on any atom is 0.385 e. The zero-order chi connectivity index (χ0) is 9.68. The van der Waals surface area contributed by atoms with Crippen molar-refractivity contribution in [3.63, 3.8) is 0 Å². The fourth-order valence-corrected chi connectivity index (χ4v) is 0.731. The fourth-order valence-electron chi connectivity index (χ4n) is 0.731. The van der Waals surface area contributed by atoms with Gasteiger partial charge in [-0.25, -0.2) is 0 Å². The van der Waals surface area contributed by atoms with Crippen molar-refractivity contribution < 1.29 is 14.9 Å². The molecule has 13 heavy (non-hydrogen) atoms. The fraction of sp³-hybridized carbons (Fsp3) is 0. The number of hydrogen-bond acceptors (Lipinski definition) is 4. The molecule has 0 amide bonds. The lowest BCUT2D eigenvalue weighted by Gasteiger charge is -2.02. The van der Waals surface area contributed by atoms with Crippen LogP contribution in [-0.4, -0.2) is 5.26 Å². The lowest BCUT2D eigenvalue weighted by molar-refractivity contribution is -0.230. The third-order valence-corrected chi connectivity index (χ3v) is 1.29. The summed E-state index contributed by atoms with van der Waals surface area (Å²) in [5.41, 5.74) is 0.405. The molecule has 1 rings (SSSR count). The van der Waals surface area contributed by atoms with Gasteiger partial charge < -0.3 is 9.62 Å². The molecule has 0 heterocycles. The van der Waals surface area contributed by atoms with Crippen LogP contribution in [0, 0.1) is 5.39 Å². The molecule has 0 aromatic heterocycles. The van der Waals surface area contributed by atoms with Crippen LogP contribution >= 0.6 is 0 Å². The highest BCUT2D eigenvalue weighted by molar-refractivity contribution is 5.46. The SMILES string of the molecule is C=C(OO)Oc1ccc([N+]#N)cc1. The minimum atomic E-state index is -0.228.